The number of nitrogens with one attached hydrogen (secondary N) is 1. The van der Waals surface area contributed by atoms with Gasteiger partial charge in [0.2, 0.25) is 0 Å². The van der Waals surface area contributed by atoms with Gasteiger partial charge < -0.3 is 14.8 Å². The second kappa shape index (κ2) is 11.4. The highest BCUT2D eigenvalue weighted by molar-refractivity contribution is 9.10. The number of aliphatic imine (C=N–C) groups is 1. The first-order valence-electron chi connectivity index (χ1n) is 11.0. The van der Waals surface area contributed by atoms with E-state index in [1.807, 2.05) is 56.3 Å². The third kappa shape index (κ3) is 6.41. The number of carbonyl (C=O) groups excluding carboxylic acids is 2. The Morgan fingerprint density at radius 2 is 1.77 bits per heavy atom. The Morgan fingerprint density at radius 3 is 2.49 bits per heavy atom. The number of amidine groups is 1. The van der Waals surface area contributed by atoms with E-state index in [2.05, 4.69) is 26.2 Å². The number of halogens is 1. The van der Waals surface area contributed by atoms with Gasteiger partial charge in [-0.3, -0.25) is 9.59 Å². The van der Waals surface area contributed by atoms with E-state index in [4.69, 9.17) is 9.47 Å². The third-order valence-corrected chi connectivity index (χ3v) is 6.64. The summed E-state index contributed by atoms with van der Waals surface area (Å²) in [6, 6.07) is 20.5. The summed E-state index contributed by atoms with van der Waals surface area (Å²) in [6.07, 6.45) is 1.73. The summed E-state index contributed by atoms with van der Waals surface area (Å²) >= 11 is 4.69. The number of hydrogen-bond acceptors (Lipinski definition) is 5. The zero-order chi connectivity index (χ0) is 24.8. The van der Waals surface area contributed by atoms with E-state index in [0.29, 0.717) is 35.2 Å². The quantitative estimate of drug-likeness (QED) is 0.358. The molecule has 6 nitrogen and oxygen atoms in total. The van der Waals surface area contributed by atoms with Gasteiger partial charge in [-0.2, -0.15) is 4.99 Å². The van der Waals surface area contributed by atoms with Crippen LogP contribution in [0.1, 0.15) is 34.0 Å². The molecular weight excluding hydrogens is 528 g/mol. The average molecular weight is 551 g/mol. The summed E-state index contributed by atoms with van der Waals surface area (Å²) in [4.78, 5) is 29.3. The number of hydrogen-bond donors (Lipinski definition) is 1. The molecule has 1 saturated heterocycles. The molecule has 0 unspecified atom stereocenters. The van der Waals surface area contributed by atoms with Crippen molar-refractivity contribution in [3.63, 3.8) is 0 Å². The SMILES string of the molecule is CCOc1cc(/C=C2\SC(=NC(=O)c3ccccc3)NC2=O)c(Br)cc1OCc1ccc(C)cc1. The number of carbonyl (C=O) groups is 2. The Labute approximate surface area is 216 Å². The van der Waals surface area contributed by atoms with Gasteiger partial charge in [0.25, 0.3) is 11.8 Å². The molecule has 4 rings (SSSR count). The molecule has 1 aliphatic rings. The van der Waals surface area contributed by atoms with Gasteiger partial charge in [0.15, 0.2) is 16.7 Å². The van der Waals surface area contributed by atoms with Crippen molar-refractivity contribution in [2.24, 2.45) is 4.99 Å². The topological polar surface area (TPSA) is 77.0 Å². The van der Waals surface area contributed by atoms with Crippen LogP contribution >= 0.6 is 27.7 Å². The molecule has 178 valence electrons. The highest BCUT2D eigenvalue weighted by atomic mass is 79.9. The van der Waals surface area contributed by atoms with E-state index < -0.39 is 5.91 Å². The van der Waals surface area contributed by atoms with E-state index in [0.717, 1.165) is 27.4 Å². The van der Waals surface area contributed by atoms with E-state index in [1.54, 1.807) is 30.3 Å². The molecule has 0 saturated carbocycles. The zero-order valence-corrected chi connectivity index (χ0v) is 21.6. The first-order valence-corrected chi connectivity index (χ1v) is 12.6. The van der Waals surface area contributed by atoms with Crippen molar-refractivity contribution in [3.05, 3.63) is 98.4 Å². The average Bonchev–Trinajstić information content (AvgIpc) is 3.20. The molecule has 1 N–H and O–H groups in total. The molecule has 0 aromatic heterocycles. The normalized spacial score (nSPS) is 15.3. The van der Waals surface area contributed by atoms with Crippen LogP contribution in [0.25, 0.3) is 6.08 Å². The molecule has 1 fully saturated rings. The van der Waals surface area contributed by atoms with Crippen molar-refractivity contribution in [3.8, 4) is 11.5 Å². The fraction of sp³-hybridized carbons (Fsp3) is 0.148. The Kier molecular flexibility index (Phi) is 8.05. The molecule has 0 atom stereocenters. The molecule has 0 bridgehead atoms. The van der Waals surface area contributed by atoms with Crippen molar-refractivity contribution >= 4 is 50.7 Å². The number of aryl methyl sites for hydroxylation is 1. The first kappa shape index (κ1) is 24.8. The predicted octanol–water partition coefficient (Wildman–Crippen LogP) is 6.14. The Balaban J connectivity index is 1.53. The van der Waals surface area contributed by atoms with Crippen molar-refractivity contribution in [1.29, 1.82) is 0 Å². The highest BCUT2D eigenvalue weighted by Gasteiger charge is 2.25. The Morgan fingerprint density at radius 1 is 1.06 bits per heavy atom. The van der Waals surface area contributed by atoms with Gasteiger partial charge in [-0.1, -0.05) is 64.0 Å². The zero-order valence-electron chi connectivity index (χ0n) is 19.2. The van der Waals surface area contributed by atoms with Gasteiger partial charge in [0.1, 0.15) is 6.61 Å². The first-order chi connectivity index (χ1) is 16.9. The van der Waals surface area contributed by atoms with E-state index in [9.17, 15) is 9.59 Å². The van der Waals surface area contributed by atoms with Gasteiger partial charge in [-0.05, 0) is 67.1 Å². The molecule has 35 heavy (non-hydrogen) atoms. The van der Waals surface area contributed by atoms with Crippen LogP contribution in [-0.4, -0.2) is 23.6 Å². The van der Waals surface area contributed by atoms with E-state index in [1.165, 1.54) is 5.56 Å². The summed E-state index contributed by atoms with van der Waals surface area (Å²) in [6.45, 7) is 4.81. The predicted molar refractivity (Wildman–Crippen MR) is 143 cm³/mol. The van der Waals surface area contributed by atoms with Gasteiger partial charge in [0.05, 0.1) is 11.5 Å². The fourth-order valence-corrected chi connectivity index (χ4v) is 4.49. The van der Waals surface area contributed by atoms with Crippen molar-refractivity contribution in [2.75, 3.05) is 6.61 Å². The molecule has 8 heteroatoms. The lowest BCUT2D eigenvalue weighted by atomic mass is 10.1. The summed E-state index contributed by atoms with van der Waals surface area (Å²) in [5, 5.41) is 2.90. The maximum absolute atomic E-state index is 12.5. The molecule has 3 aromatic rings. The van der Waals surface area contributed by atoms with Crippen molar-refractivity contribution in [2.45, 2.75) is 20.5 Å². The summed E-state index contributed by atoms with van der Waals surface area (Å²) in [5.41, 5.74) is 3.44. The van der Waals surface area contributed by atoms with Gasteiger partial charge >= 0.3 is 0 Å². The fourth-order valence-electron chi connectivity index (χ4n) is 3.25. The minimum atomic E-state index is -0.412. The summed E-state index contributed by atoms with van der Waals surface area (Å²) in [5.74, 6) is 0.440. The molecule has 0 spiro atoms. The second-order valence-electron chi connectivity index (χ2n) is 7.68. The second-order valence-corrected chi connectivity index (χ2v) is 9.57. The van der Waals surface area contributed by atoms with Crippen LogP contribution in [0, 0.1) is 6.92 Å². The number of nitrogens with zero attached hydrogens (tertiary/aromatic N) is 1. The number of thioether (sulfide) groups is 1. The van der Waals surface area contributed by atoms with Crippen LogP contribution in [0.5, 0.6) is 11.5 Å². The number of benzene rings is 3. The largest absolute Gasteiger partial charge is 0.490 e. The lowest BCUT2D eigenvalue weighted by Crippen LogP contribution is -2.20. The van der Waals surface area contributed by atoms with Crippen molar-refractivity contribution < 1.29 is 19.1 Å². The monoisotopic (exact) mass is 550 g/mol. The van der Waals surface area contributed by atoms with Gasteiger partial charge in [-0.25, -0.2) is 0 Å². The molecular formula is C27H23BrN2O4S. The van der Waals surface area contributed by atoms with Crippen LogP contribution in [-0.2, 0) is 11.4 Å². The summed E-state index contributed by atoms with van der Waals surface area (Å²) in [7, 11) is 0. The minimum Gasteiger partial charge on any atom is -0.490 e. The maximum Gasteiger partial charge on any atom is 0.279 e. The molecule has 0 aliphatic carbocycles. The number of rotatable bonds is 7. The van der Waals surface area contributed by atoms with Crippen LogP contribution in [0.15, 0.2) is 81.1 Å². The van der Waals surface area contributed by atoms with Crippen LogP contribution < -0.4 is 14.8 Å². The Bertz CT molecular complexity index is 1300. The van der Waals surface area contributed by atoms with Crippen LogP contribution in [0.3, 0.4) is 0 Å². The van der Waals surface area contributed by atoms with E-state index in [-0.39, 0.29) is 11.1 Å². The summed E-state index contributed by atoms with van der Waals surface area (Å²) < 4.78 is 12.6. The smallest absolute Gasteiger partial charge is 0.279 e. The molecule has 3 aromatic carbocycles. The minimum absolute atomic E-state index is 0.245. The van der Waals surface area contributed by atoms with Crippen LogP contribution in [0.4, 0.5) is 0 Å². The Hall–Kier alpha value is -3.36. The highest BCUT2D eigenvalue weighted by Crippen LogP contribution is 2.37. The van der Waals surface area contributed by atoms with Gasteiger partial charge in [0, 0.05) is 10.0 Å². The number of amides is 2. The maximum atomic E-state index is 12.5. The lowest BCUT2D eigenvalue weighted by Gasteiger charge is -2.14. The van der Waals surface area contributed by atoms with Crippen LogP contribution in [0.2, 0.25) is 0 Å². The van der Waals surface area contributed by atoms with Gasteiger partial charge in [-0.15, -0.1) is 0 Å². The third-order valence-electron chi connectivity index (χ3n) is 5.04. The molecule has 1 heterocycles. The van der Waals surface area contributed by atoms with Crippen molar-refractivity contribution in [1.82, 2.24) is 5.32 Å². The lowest BCUT2D eigenvalue weighted by molar-refractivity contribution is -0.115. The molecule has 1 aliphatic heterocycles. The molecule has 0 radical (unpaired) electrons. The molecule has 2 amide bonds. The number of ether oxygens (including phenoxy) is 2. The van der Waals surface area contributed by atoms with E-state index >= 15 is 0 Å². The standard InChI is InChI=1S/C27H23BrN2O4S/c1-3-33-22-13-20(21(28)15-23(22)34-16-18-11-9-17(2)10-12-18)14-24-26(32)30-27(35-24)29-25(31)19-7-5-4-6-8-19/h4-15H,3,16H2,1-2H3,(H,29,30,31,32)/b24-14-.